The molecule has 0 bridgehead atoms. The van der Waals surface area contributed by atoms with Crippen molar-refractivity contribution in [2.75, 3.05) is 0 Å². The van der Waals surface area contributed by atoms with E-state index in [1.54, 1.807) is 4.72 Å². The molecule has 0 spiro atoms. The average molecular weight is 243 g/mol. The number of aliphatic carboxylic acids is 1. The molecule has 1 aliphatic carbocycles. The zero-order chi connectivity index (χ0) is 11.9. The van der Waals surface area contributed by atoms with E-state index in [0.717, 1.165) is 6.92 Å². The van der Waals surface area contributed by atoms with E-state index < -0.39 is 33.2 Å². The molecule has 1 rings (SSSR count). The Morgan fingerprint density at radius 1 is 1.53 bits per heavy atom. The Hall–Kier alpha value is -0.760. The molecule has 2 N–H and O–H groups in total. The molecular formula is C7H11F2NO4S. The second kappa shape index (κ2) is 3.67. The Labute approximate surface area is 85.5 Å². The number of nitrogens with one attached hydrogen (secondary N) is 1. The number of rotatable bonds is 5. The van der Waals surface area contributed by atoms with Gasteiger partial charge in [-0.3, -0.25) is 4.79 Å². The van der Waals surface area contributed by atoms with Gasteiger partial charge in [0.25, 0.3) is 10.0 Å². The van der Waals surface area contributed by atoms with Crippen molar-refractivity contribution in [1.82, 2.24) is 4.72 Å². The molecule has 0 aliphatic heterocycles. The van der Waals surface area contributed by atoms with Crippen LogP contribution in [0.1, 0.15) is 19.8 Å². The van der Waals surface area contributed by atoms with E-state index in [-0.39, 0.29) is 0 Å². The molecule has 1 atom stereocenters. The summed E-state index contributed by atoms with van der Waals surface area (Å²) in [5, 5.41) is 8.82. The summed E-state index contributed by atoms with van der Waals surface area (Å²) in [6.45, 7) is 1.10. The number of halogens is 2. The van der Waals surface area contributed by atoms with E-state index in [1.807, 2.05) is 0 Å². The van der Waals surface area contributed by atoms with Crippen LogP contribution in [-0.2, 0) is 14.8 Å². The first-order valence-corrected chi connectivity index (χ1v) is 5.79. The normalized spacial score (nSPS) is 21.3. The molecular weight excluding hydrogens is 232 g/mol. The quantitative estimate of drug-likeness (QED) is 0.731. The summed E-state index contributed by atoms with van der Waals surface area (Å²) in [6.07, 6.45) is 1.04. The largest absolute Gasteiger partial charge is 0.480 e. The summed E-state index contributed by atoms with van der Waals surface area (Å²) in [7, 11) is -4.87. The van der Waals surface area contributed by atoms with Crippen molar-refractivity contribution >= 4 is 16.0 Å². The molecule has 0 aromatic rings. The first-order valence-electron chi connectivity index (χ1n) is 4.24. The van der Waals surface area contributed by atoms with E-state index in [1.165, 1.54) is 0 Å². The molecule has 0 aromatic carbocycles. The molecule has 0 radical (unpaired) electrons. The van der Waals surface area contributed by atoms with Gasteiger partial charge in [-0.15, -0.1) is 0 Å². The molecule has 1 saturated carbocycles. The predicted molar refractivity (Wildman–Crippen MR) is 46.8 cm³/mol. The lowest BCUT2D eigenvalue weighted by atomic mass is 9.98. The molecule has 1 fully saturated rings. The number of carboxylic acid groups (broad SMARTS) is 1. The van der Waals surface area contributed by atoms with E-state index in [4.69, 9.17) is 5.11 Å². The highest BCUT2D eigenvalue weighted by Gasteiger charge is 2.51. The zero-order valence-electron chi connectivity index (χ0n) is 7.91. The van der Waals surface area contributed by atoms with E-state index in [2.05, 4.69) is 0 Å². The van der Waals surface area contributed by atoms with Gasteiger partial charge in [-0.05, 0) is 25.7 Å². The molecule has 1 aliphatic rings. The topological polar surface area (TPSA) is 83.5 Å². The van der Waals surface area contributed by atoms with E-state index in [9.17, 15) is 22.0 Å². The minimum atomic E-state index is -4.87. The molecule has 88 valence electrons. The third-order valence-electron chi connectivity index (χ3n) is 2.43. The fraction of sp³-hybridized carbons (Fsp3) is 0.857. The van der Waals surface area contributed by atoms with Crippen molar-refractivity contribution in [3.05, 3.63) is 0 Å². The van der Waals surface area contributed by atoms with Gasteiger partial charge < -0.3 is 5.11 Å². The minimum absolute atomic E-state index is 0.413. The molecule has 15 heavy (non-hydrogen) atoms. The van der Waals surface area contributed by atoms with Gasteiger partial charge in [-0.2, -0.15) is 13.5 Å². The van der Waals surface area contributed by atoms with Crippen LogP contribution in [0, 0.1) is 5.92 Å². The fourth-order valence-corrected chi connectivity index (χ4v) is 2.24. The number of carboxylic acids is 1. The van der Waals surface area contributed by atoms with Crippen molar-refractivity contribution in [2.24, 2.45) is 5.92 Å². The van der Waals surface area contributed by atoms with Gasteiger partial charge in [0.1, 0.15) is 5.54 Å². The SMILES string of the molecule is CC(NS(=O)(=O)C(F)F)(C(=O)O)C1CC1. The predicted octanol–water partition coefficient (Wildman–Crippen LogP) is 0.382. The summed E-state index contributed by atoms with van der Waals surface area (Å²) in [5.41, 5.74) is -1.82. The van der Waals surface area contributed by atoms with Crippen molar-refractivity contribution in [3.63, 3.8) is 0 Å². The van der Waals surface area contributed by atoms with Crippen LogP contribution in [0.5, 0.6) is 0 Å². The Morgan fingerprint density at radius 2 is 2.00 bits per heavy atom. The van der Waals surface area contributed by atoms with Crippen LogP contribution in [0.4, 0.5) is 8.78 Å². The summed E-state index contributed by atoms with van der Waals surface area (Å²) < 4.78 is 47.4. The van der Waals surface area contributed by atoms with Gasteiger partial charge in [-0.25, -0.2) is 8.42 Å². The summed E-state index contributed by atoms with van der Waals surface area (Å²) in [4.78, 5) is 10.8. The summed E-state index contributed by atoms with van der Waals surface area (Å²) >= 11 is 0. The van der Waals surface area contributed by atoms with Crippen LogP contribution in [0.15, 0.2) is 0 Å². The minimum Gasteiger partial charge on any atom is -0.480 e. The molecule has 0 amide bonds. The third-order valence-corrected chi connectivity index (χ3v) is 3.60. The molecule has 0 saturated heterocycles. The van der Waals surface area contributed by atoms with Gasteiger partial charge in [0.2, 0.25) is 0 Å². The van der Waals surface area contributed by atoms with E-state index >= 15 is 0 Å². The van der Waals surface area contributed by atoms with Crippen LogP contribution in [0.3, 0.4) is 0 Å². The molecule has 1 unspecified atom stereocenters. The Bertz CT molecular complexity index is 365. The first kappa shape index (κ1) is 12.3. The smallest absolute Gasteiger partial charge is 0.350 e. The lowest BCUT2D eigenvalue weighted by molar-refractivity contribution is -0.144. The molecule has 0 heterocycles. The maximum Gasteiger partial charge on any atom is 0.350 e. The highest BCUT2D eigenvalue weighted by Crippen LogP contribution is 2.40. The highest BCUT2D eigenvalue weighted by molar-refractivity contribution is 7.89. The van der Waals surface area contributed by atoms with Crippen molar-refractivity contribution < 1.29 is 27.1 Å². The van der Waals surface area contributed by atoms with Gasteiger partial charge in [0, 0.05) is 0 Å². The number of hydrogen-bond acceptors (Lipinski definition) is 3. The number of hydrogen-bond donors (Lipinski definition) is 2. The Morgan fingerprint density at radius 3 is 2.27 bits per heavy atom. The van der Waals surface area contributed by atoms with Crippen LogP contribution in [0.2, 0.25) is 0 Å². The highest BCUT2D eigenvalue weighted by atomic mass is 32.2. The Balaban J connectivity index is 2.90. The number of carbonyl (C=O) groups is 1. The standard InChI is InChI=1S/C7H11F2NO4S/c1-7(5(11)12,4-2-3-4)10-15(13,14)6(8)9/h4,6,10H,2-3H2,1H3,(H,11,12). The average Bonchev–Trinajstić information content (AvgIpc) is 2.84. The molecule has 8 heteroatoms. The molecule has 5 nitrogen and oxygen atoms in total. The van der Waals surface area contributed by atoms with Crippen LogP contribution in [0.25, 0.3) is 0 Å². The Kier molecular flexibility index (Phi) is 3.01. The van der Waals surface area contributed by atoms with Crippen molar-refractivity contribution in [1.29, 1.82) is 0 Å². The van der Waals surface area contributed by atoms with Crippen molar-refractivity contribution in [2.45, 2.75) is 31.1 Å². The second-order valence-electron chi connectivity index (χ2n) is 3.69. The van der Waals surface area contributed by atoms with Gasteiger partial charge in [0.05, 0.1) is 0 Å². The maximum atomic E-state index is 12.0. The van der Waals surface area contributed by atoms with Gasteiger partial charge in [0.15, 0.2) is 0 Å². The van der Waals surface area contributed by atoms with Crippen LogP contribution in [-0.4, -0.2) is 30.8 Å². The lowest BCUT2D eigenvalue weighted by Gasteiger charge is -2.25. The van der Waals surface area contributed by atoms with E-state index in [0.29, 0.717) is 12.8 Å². The summed E-state index contributed by atoms with van der Waals surface area (Å²) in [6, 6.07) is 0. The first-order chi connectivity index (χ1) is 6.70. The number of alkyl halides is 2. The number of sulfonamides is 1. The summed E-state index contributed by atoms with van der Waals surface area (Å²) in [5.74, 6) is -5.47. The zero-order valence-corrected chi connectivity index (χ0v) is 8.72. The second-order valence-corrected chi connectivity index (χ2v) is 5.34. The molecule has 0 aromatic heterocycles. The van der Waals surface area contributed by atoms with Gasteiger partial charge >= 0.3 is 11.7 Å². The monoisotopic (exact) mass is 243 g/mol. The van der Waals surface area contributed by atoms with Crippen LogP contribution < -0.4 is 4.72 Å². The fourth-order valence-electron chi connectivity index (χ4n) is 1.30. The van der Waals surface area contributed by atoms with Crippen molar-refractivity contribution in [3.8, 4) is 0 Å². The van der Waals surface area contributed by atoms with Crippen LogP contribution >= 0.6 is 0 Å². The third kappa shape index (κ3) is 2.43. The maximum absolute atomic E-state index is 12.0. The van der Waals surface area contributed by atoms with Gasteiger partial charge in [-0.1, -0.05) is 0 Å². The lowest BCUT2D eigenvalue weighted by Crippen LogP contribution is -2.55.